The highest BCUT2D eigenvalue weighted by molar-refractivity contribution is 6.25. The summed E-state index contributed by atoms with van der Waals surface area (Å²) in [4.78, 5) is 46.3. The quantitative estimate of drug-likeness (QED) is 0.262. The largest absolute Gasteiger partial charge is 0.456 e. The van der Waals surface area contributed by atoms with Gasteiger partial charge in [-0.25, -0.2) is 0 Å². The lowest BCUT2D eigenvalue weighted by Gasteiger charge is -2.15. The molecule has 0 fully saturated rings. The van der Waals surface area contributed by atoms with E-state index in [1.165, 1.54) is 31.2 Å². The number of cyclic esters (lactones) is 1. The first-order chi connectivity index (χ1) is 12.9. The van der Waals surface area contributed by atoms with Gasteiger partial charge in [0, 0.05) is 12.1 Å². The maximum Gasteiger partial charge on any atom is 0.329 e. The predicted octanol–water partition coefficient (Wildman–Crippen LogP) is 3.08. The van der Waals surface area contributed by atoms with Crippen LogP contribution in [0.2, 0.25) is 0 Å². The van der Waals surface area contributed by atoms with E-state index < -0.39 is 28.4 Å². The minimum atomic E-state index is -1.53. The van der Waals surface area contributed by atoms with Gasteiger partial charge in [-0.05, 0) is 37.3 Å². The van der Waals surface area contributed by atoms with Crippen molar-refractivity contribution in [2.45, 2.75) is 6.92 Å². The third-order valence-electron chi connectivity index (χ3n) is 3.82. The lowest BCUT2D eigenvalue weighted by Crippen LogP contribution is -2.34. The summed E-state index contributed by atoms with van der Waals surface area (Å²) in [5.74, 6) is -3.21. The van der Waals surface area contributed by atoms with Crippen molar-refractivity contribution in [2.75, 3.05) is 0 Å². The molecule has 2 aromatic rings. The van der Waals surface area contributed by atoms with Crippen LogP contribution < -0.4 is 0 Å². The van der Waals surface area contributed by atoms with Crippen LogP contribution in [-0.2, 0) is 19.1 Å². The molecule has 1 aromatic heterocycles. The fourth-order valence-electron chi connectivity index (χ4n) is 2.59. The van der Waals surface area contributed by atoms with Crippen LogP contribution in [-0.4, -0.2) is 22.5 Å². The molecule has 1 unspecified atom stereocenters. The first-order valence-electron chi connectivity index (χ1n) is 7.86. The Bertz CT molecular complexity index is 1010. The molecule has 3 rings (SSSR count). The van der Waals surface area contributed by atoms with Gasteiger partial charge in [0.1, 0.15) is 17.3 Å². The number of furan rings is 1. The average Bonchev–Trinajstić information content (AvgIpc) is 3.08. The Morgan fingerprint density at radius 3 is 2.63 bits per heavy atom. The SMILES string of the molecule is CC1=CC(=O)C(C(=O)C=Cc2ccc(-c3ccccc3[N+](=O)[O-])o2)C(=O)O1. The molecule has 8 nitrogen and oxygen atoms in total. The number of para-hydroxylation sites is 1. The van der Waals surface area contributed by atoms with E-state index in [1.807, 2.05) is 0 Å². The monoisotopic (exact) mass is 367 g/mol. The molecule has 0 spiro atoms. The molecular weight excluding hydrogens is 354 g/mol. The van der Waals surface area contributed by atoms with Gasteiger partial charge in [-0.3, -0.25) is 24.5 Å². The number of hydrogen-bond donors (Lipinski definition) is 0. The maximum absolute atomic E-state index is 12.2. The molecule has 1 atom stereocenters. The molecule has 0 saturated carbocycles. The van der Waals surface area contributed by atoms with Crippen LogP contribution in [0.1, 0.15) is 12.7 Å². The second-order valence-electron chi connectivity index (χ2n) is 5.72. The summed E-state index contributed by atoms with van der Waals surface area (Å²) in [6.07, 6.45) is 3.42. The number of benzene rings is 1. The Kier molecular flexibility index (Phi) is 4.80. The van der Waals surface area contributed by atoms with E-state index in [2.05, 4.69) is 0 Å². The number of nitro benzene ring substituents is 1. The molecule has 1 aliphatic rings. The summed E-state index contributed by atoms with van der Waals surface area (Å²) >= 11 is 0. The number of carbonyl (C=O) groups excluding carboxylic acids is 3. The number of nitrogens with zero attached hydrogens (tertiary/aromatic N) is 1. The number of carbonyl (C=O) groups is 3. The molecule has 27 heavy (non-hydrogen) atoms. The van der Waals surface area contributed by atoms with Gasteiger partial charge in [0.2, 0.25) is 0 Å². The van der Waals surface area contributed by atoms with E-state index in [1.54, 1.807) is 18.2 Å². The van der Waals surface area contributed by atoms with Gasteiger partial charge in [-0.1, -0.05) is 12.1 Å². The topological polar surface area (TPSA) is 117 Å². The zero-order valence-corrected chi connectivity index (χ0v) is 14.1. The van der Waals surface area contributed by atoms with E-state index in [0.29, 0.717) is 5.56 Å². The fraction of sp³-hybridized carbons (Fsp3) is 0.105. The molecule has 2 heterocycles. The Balaban J connectivity index is 1.80. The number of hydrogen-bond acceptors (Lipinski definition) is 7. The molecule has 0 amide bonds. The fourth-order valence-corrected chi connectivity index (χ4v) is 2.59. The Hall–Kier alpha value is -3.81. The van der Waals surface area contributed by atoms with Crippen molar-refractivity contribution in [3.05, 3.63) is 70.2 Å². The maximum atomic E-state index is 12.2. The van der Waals surface area contributed by atoms with Crippen LogP contribution in [0.15, 0.2) is 58.7 Å². The predicted molar refractivity (Wildman–Crippen MR) is 93.2 cm³/mol. The number of ether oxygens (including phenoxy) is 1. The van der Waals surface area contributed by atoms with Gasteiger partial charge in [-0.15, -0.1) is 0 Å². The minimum Gasteiger partial charge on any atom is -0.456 e. The summed E-state index contributed by atoms with van der Waals surface area (Å²) < 4.78 is 10.3. The average molecular weight is 367 g/mol. The van der Waals surface area contributed by atoms with Crippen LogP contribution in [0, 0.1) is 16.0 Å². The highest BCUT2D eigenvalue weighted by Crippen LogP contribution is 2.31. The van der Waals surface area contributed by atoms with Crippen molar-refractivity contribution in [3.8, 4) is 11.3 Å². The molecule has 0 aliphatic carbocycles. The molecule has 1 aromatic carbocycles. The summed E-state index contributed by atoms with van der Waals surface area (Å²) in [7, 11) is 0. The lowest BCUT2D eigenvalue weighted by molar-refractivity contribution is -0.384. The molecule has 136 valence electrons. The van der Waals surface area contributed by atoms with Crippen molar-refractivity contribution >= 4 is 29.3 Å². The number of esters is 1. The molecule has 1 aliphatic heterocycles. The number of ketones is 2. The van der Waals surface area contributed by atoms with Gasteiger partial charge in [-0.2, -0.15) is 0 Å². The van der Waals surface area contributed by atoms with E-state index in [9.17, 15) is 24.5 Å². The summed E-state index contributed by atoms with van der Waals surface area (Å²) in [5, 5.41) is 11.1. The van der Waals surface area contributed by atoms with Crippen LogP contribution in [0.5, 0.6) is 0 Å². The second kappa shape index (κ2) is 7.20. The van der Waals surface area contributed by atoms with E-state index in [0.717, 1.165) is 12.2 Å². The van der Waals surface area contributed by atoms with Gasteiger partial charge in [0.15, 0.2) is 17.5 Å². The number of rotatable bonds is 5. The van der Waals surface area contributed by atoms with Crippen molar-refractivity contribution in [1.29, 1.82) is 0 Å². The Morgan fingerprint density at radius 2 is 1.93 bits per heavy atom. The summed E-state index contributed by atoms with van der Waals surface area (Å²) in [5.41, 5.74) is 0.177. The zero-order chi connectivity index (χ0) is 19.6. The smallest absolute Gasteiger partial charge is 0.329 e. The first-order valence-corrected chi connectivity index (χ1v) is 7.86. The van der Waals surface area contributed by atoms with Crippen LogP contribution in [0.25, 0.3) is 17.4 Å². The zero-order valence-electron chi connectivity index (χ0n) is 14.1. The van der Waals surface area contributed by atoms with Crippen molar-refractivity contribution in [1.82, 2.24) is 0 Å². The van der Waals surface area contributed by atoms with Crippen LogP contribution >= 0.6 is 0 Å². The molecule has 0 radical (unpaired) electrons. The number of allylic oxidation sites excluding steroid dienone is 3. The Labute approximate surface area is 152 Å². The summed E-state index contributed by atoms with van der Waals surface area (Å²) in [6, 6.07) is 9.12. The van der Waals surface area contributed by atoms with Crippen molar-refractivity contribution in [2.24, 2.45) is 5.92 Å². The highest BCUT2D eigenvalue weighted by Gasteiger charge is 2.36. The van der Waals surface area contributed by atoms with E-state index >= 15 is 0 Å². The normalized spacial score (nSPS) is 16.9. The molecule has 0 N–H and O–H groups in total. The van der Waals surface area contributed by atoms with Crippen molar-refractivity contribution in [3.63, 3.8) is 0 Å². The molecule has 8 heteroatoms. The standard InChI is InChI=1S/C19H13NO7/c1-11-10-16(22)18(19(23)26-11)15(21)8-6-12-7-9-17(27-12)13-4-2-3-5-14(13)20(24)25/h2-10,18H,1H3. The highest BCUT2D eigenvalue weighted by atomic mass is 16.6. The minimum absolute atomic E-state index is 0.115. The third kappa shape index (κ3) is 3.74. The van der Waals surface area contributed by atoms with E-state index in [4.69, 9.17) is 9.15 Å². The third-order valence-corrected chi connectivity index (χ3v) is 3.82. The van der Waals surface area contributed by atoms with Crippen molar-refractivity contribution < 1.29 is 28.5 Å². The van der Waals surface area contributed by atoms with E-state index in [-0.39, 0.29) is 23.0 Å². The summed E-state index contributed by atoms with van der Waals surface area (Å²) in [6.45, 7) is 1.44. The molecule has 0 bridgehead atoms. The van der Waals surface area contributed by atoms with Gasteiger partial charge in [0.05, 0.1) is 10.5 Å². The Morgan fingerprint density at radius 1 is 1.19 bits per heavy atom. The van der Waals surface area contributed by atoms with Crippen LogP contribution in [0.3, 0.4) is 0 Å². The van der Waals surface area contributed by atoms with Gasteiger partial charge >= 0.3 is 5.97 Å². The van der Waals surface area contributed by atoms with Crippen LogP contribution in [0.4, 0.5) is 5.69 Å². The molecule has 0 saturated heterocycles. The lowest BCUT2D eigenvalue weighted by atomic mass is 9.96. The van der Waals surface area contributed by atoms with Gasteiger partial charge in [0.25, 0.3) is 5.69 Å². The molecular formula is C19H13NO7. The first kappa shape index (κ1) is 18.0. The number of nitro groups is 1. The second-order valence-corrected chi connectivity index (χ2v) is 5.72. The van der Waals surface area contributed by atoms with Gasteiger partial charge < -0.3 is 9.15 Å².